The van der Waals surface area contributed by atoms with E-state index >= 15 is 0 Å². The van der Waals surface area contributed by atoms with Crippen molar-refractivity contribution in [1.29, 1.82) is 0 Å². The molecule has 1 aromatic heterocycles. The lowest BCUT2D eigenvalue weighted by atomic mass is 9.88. The summed E-state index contributed by atoms with van der Waals surface area (Å²) >= 11 is 5.99. The molecule has 3 heterocycles. The van der Waals surface area contributed by atoms with Crippen LogP contribution in [-0.2, 0) is 4.79 Å². The molecule has 0 radical (unpaired) electrons. The number of hydrogen-bond acceptors (Lipinski definition) is 12. The number of nitrogens with one attached hydrogen (secondary N) is 1. The Morgan fingerprint density at radius 3 is 2.42 bits per heavy atom. The molecule has 17 heteroatoms. The number of hydrogen-bond donors (Lipinski definition) is 5. The molecule has 1 fully saturated rings. The van der Waals surface area contributed by atoms with Crippen LogP contribution in [0.1, 0.15) is 36.2 Å². The van der Waals surface area contributed by atoms with E-state index in [9.17, 15) is 9.59 Å². The van der Waals surface area contributed by atoms with Gasteiger partial charge in [0.25, 0.3) is 5.91 Å². The van der Waals surface area contributed by atoms with Gasteiger partial charge in [-0.15, -0.1) is 10.2 Å². The summed E-state index contributed by atoms with van der Waals surface area (Å²) in [4.78, 5) is 39.4. The minimum Gasteiger partial charge on any atom is -0.343 e. The minimum atomic E-state index is -0.733. The van der Waals surface area contributed by atoms with Crippen LogP contribution >= 0.6 is 11.6 Å². The fourth-order valence-corrected chi connectivity index (χ4v) is 3.79. The summed E-state index contributed by atoms with van der Waals surface area (Å²) in [6.45, 7) is 1.94. The van der Waals surface area contributed by atoms with Crippen molar-refractivity contribution in [3.8, 4) is 0 Å². The first-order valence-corrected chi connectivity index (χ1v) is 10.4. The largest absolute Gasteiger partial charge is 0.343 e. The molecule has 16 nitrogen and oxygen atoms in total. The second kappa shape index (κ2) is 10.4. The highest BCUT2D eigenvalue weighted by Crippen LogP contribution is 2.31. The standard InChI is InChI=1S/C16H25ClN14O2/c17-11-13(27-29-20)23-12(26-28-19)10(22-11)14(33)24-15-25-16(8-31(15)21)3-6-30(7-4-16)9(32)2-1-5-18/h1-8,18,21H2,(H,24,25,33)(H4,19,20,23,26,27). The van der Waals surface area contributed by atoms with Crippen LogP contribution in [-0.4, -0.2) is 69.4 Å². The molecule has 0 atom stereocenters. The second-order valence-corrected chi connectivity index (χ2v) is 7.81. The van der Waals surface area contributed by atoms with Gasteiger partial charge >= 0.3 is 0 Å². The lowest BCUT2D eigenvalue weighted by molar-refractivity contribution is -0.132. The SMILES string of the molecule is NCCCC(=O)N1CCC2(CC1)CN(N)C(NC(=O)c1nc(Cl)c(N=NN)nc1N=NN)=N2. The molecule has 0 aliphatic carbocycles. The van der Waals surface area contributed by atoms with Gasteiger partial charge in [0.2, 0.25) is 23.5 Å². The predicted octanol–water partition coefficient (Wildman–Crippen LogP) is -0.580. The van der Waals surface area contributed by atoms with Gasteiger partial charge in [0.1, 0.15) is 0 Å². The molecular weight excluding hydrogens is 456 g/mol. The number of likely N-dealkylation sites (tertiary alicyclic amines) is 1. The molecular formula is C16H25ClN14O2. The number of rotatable bonds is 6. The summed E-state index contributed by atoms with van der Waals surface area (Å²) in [5.74, 6) is 15.3. The Bertz CT molecular complexity index is 988. The molecule has 2 amide bonds. The molecule has 3 rings (SSSR count). The zero-order valence-electron chi connectivity index (χ0n) is 17.7. The number of carbonyl (C=O) groups is 2. The van der Waals surface area contributed by atoms with Gasteiger partial charge in [-0.2, -0.15) is 0 Å². The average molecular weight is 481 g/mol. The number of carbonyl (C=O) groups excluding carboxylic acids is 2. The molecule has 0 bridgehead atoms. The van der Waals surface area contributed by atoms with Crippen LogP contribution < -0.4 is 28.6 Å². The smallest absolute Gasteiger partial charge is 0.280 e. The van der Waals surface area contributed by atoms with Gasteiger partial charge in [0.15, 0.2) is 10.8 Å². The Kier molecular flexibility index (Phi) is 7.62. The number of nitrogens with zero attached hydrogens (tertiary/aromatic N) is 9. The first-order chi connectivity index (χ1) is 15.8. The fraction of sp³-hybridized carbons (Fsp3) is 0.562. The predicted molar refractivity (Wildman–Crippen MR) is 117 cm³/mol. The Morgan fingerprint density at radius 1 is 1.12 bits per heavy atom. The maximum Gasteiger partial charge on any atom is 0.280 e. The van der Waals surface area contributed by atoms with E-state index in [1.807, 2.05) is 0 Å². The number of halogens is 1. The number of aliphatic imine (C=N–C) groups is 1. The molecule has 1 aromatic rings. The van der Waals surface area contributed by atoms with E-state index in [0.29, 0.717) is 51.9 Å². The number of piperidine rings is 1. The molecule has 1 saturated heterocycles. The van der Waals surface area contributed by atoms with Crippen molar-refractivity contribution in [2.75, 3.05) is 26.2 Å². The first kappa shape index (κ1) is 24.1. The third-order valence-corrected chi connectivity index (χ3v) is 5.54. The highest BCUT2D eigenvalue weighted by Gasteiger charge is 2.42. The van der Waals surface area contributed by atoms with Crippen LogP contribution in [0.25, 0.3) is 0 Å². The Labute approximate surface area is 193 Å². The van der Waals surface area contributed by atoms with E-state index in [4.69, 9.17) is 34.9 Å². The third-order valence-electron chi connectivity index (χ3n) is 5.28. The van der Waals surface area contributed by atoms with Crippen LogP contribution in [0.4, 0.5) is 11.6 Å². The zero-order chi connectivity index (χ0) is 24.0. The maximum atomic E-state index is 12.9. The van der Waals surface area contributed by atoms with Crippen LogP contribution in [0.2, 0.25) is 5.15 Å². The number of nitrogens with two attached hydrogens (primary N) is 4. The Hall–Kier alpha value is -3.50. The monoisotopic (exact) mass is 480 g/mol. The van der Waals surface area contributed by atoms with E-state index in [2.05, 4.69) is 41.0 Å². The number of guanidine groups is 1. The number of aromatic nitrogens is 2. The van der Waals surface area contributed by atoms with Crippen LogP contribution in [0, 0.1) is 0 Å². The van der Waals surface area contributed by atoms with Crippen LogP contribution in [0.5, 0.6) is 0 Å². The average Bonchev–Trinajstić information content (AvgIpc) is 3.09. The Morgan fingerprint density at radius 2 is 1.79 bits per heavy atom. The lowest BCUT2D eigenvalue weighted by Crippen LogP contribution is -2.50. The quantitative estimate of drug-likeness (QED) is 0.198. The normalized spacial score (nSPS) is 17.8. The van der Waals surface area contributed by atoms with Crippen molar-refractivity contribution in [3.05, 3.63) is 10.8 Å². The fourth-order valence-electron chi connectivity index (χ4n) is 3.62. The summed E-state index contributed by atoms with van der Waals surface area (Å²) in [6.07, 6.45) is 2.28. The molecule has 178 valence electrons. The van der Waals surface area contributed by atoms with E-state index < -0.39 is 11.4 Å². The van der Waals surface area contributed by atoms with Gasteiger partial charge in [-0.3, -0.25) is 19.9 Å². The highest BCUT2D eigenvalue weighted by molar-refractivity contribution is 6.31. The van der Waals surface area contributed by atoms with E-state index in [1.54, 1.807) is 4.90 Å². The molecule has 1 spiro atoms. The van der Waals surface area contributed by atoms with Crippen molar-refractivity contribution in [1.82, 2.24) is 25.2 Å². The van der Waals surface area contributed by atoms with Gasteiger partial charge in [-0.1, -0.05) is 22.0 Å². The molecule has 0 unspecified atom stereocenters. The summed E-state index contributed by atoms with van der Waals surface area (Å²) < 4.78 is 0. The van der Waals surface area contributed by atoms with E-state index in [-0.39, 0.29) is 34.3 Å². The number of hydrazine groups is 1. The van der Waals surface area contributed by atoms with Crippen molar-refractivity contribution in [2.24, 2.45) is 48.9 Å². The molecule has 2 aliphatic rings. The Balaban J connectivity index is 1.74. The zero-order valence-corrected chi connectivity index (χ0v) is 18.4. The van der Waals surface area contributed by atoms with Gasteiger partial charge in [-0.05, 0) is 25.8 Å². The van der Waals surface area contributed by atoms with Crippen LogP contribution in [0.15, 0.2) is 25.7 Å². The van der Waals surface area contributed by atoms with E-state index in [1.165, 1.54) is 5.01 Å². The summed E-state index contributed by atoms with van der Waals surface area (Å²) in [7, 11) is 0. The molecule has 33 heavy (non-hydrogen) atoms. The van der Waals surface area contributed by atoms with Gasteiger partial charge in [0.05, 0.1) is 12.1 Å². The summed E-state index contributed by atoms with van der Waals surface area (Å²) in [5.41, 5.74) is 4.69. The van der Waals surface area contributed by atoms with Gasteiger partial charge in [-0.25, -0.2) is 20.8 Å². The highest BCUT2D eigenvalue weighted by atomic mass is 35.5. The van der Waals surface area contributed by atoms with Crippen molar-refractivity contribution < 1.29 is 9.59 Å². The second-order valence-electron chi connectivity index (χ2n) is 7.46. The third kappa shape index (κ3) is 5.47. The molecule has 9 N–H and O–H groups in total. The maximum absolute atomic E-state index is 12.9. The summed E-state index contributed by atoms with van der Waals surface area (Å²) in [5, 5.41) is 17.0. The van der Waals surface area contributed by atoms with Crippen molar-refractivity contribution >= 4 is 41.0 Å². The first-order valence-electron chi connectivity index (χ1n) is 10.0. The summed E-state index contributed by atoms with van der Waals surface area (Å²) in [6, 6.07) is 0. The topological polar surface area (TPSA) is 244 Å². The molecule has 0 saturated carbocycles. The molecule has 0 aromatic carbocycles. The number of amides is 2. The van der Waals surface area contributed by atoms with Crippen molar-refractivity contribution in [3.63, 3.8) is 0 Å². The molecule has 2 aliphatic heterocycles. The van der Waals surface area contributed by atoms with Gasteiger partial charge in [0, 0.05) is 19.5 Å². The minimum absolute atomic E-state index is 0.0741. The van der Waals surface area contributed by atoms with Crippen molar-refractivity contribution in [2.45, 2.75) is 31.2 Å². The lowest BCUT2D eigenvalue weighted by Gasteiger charge is -2.37. The van der Waals surface area contributed by atoms with Crippen LogP contribution in [0.3, 0.4) is 0 Å². The van der Waals surface area contributed by atoms with Gasteiger partial charge < -0.3 is 22.3 Å². The van der Waals surface area contributed by atoms with E-state index in [0.717, 1.165) is 0 Å².